The molecule has 0 spiro atoms. The van der Waals surface area contributed by atoms with Crippen molar-refractivity contribution in [2.75, 3.05) is 5.32 Å². The average molecular weight is 218 g/mol. The Balaban J connectivity index is 2.91. The van der Waals surface area contributed by atoms with E-state index in [9.17, 15) is 10.1 Å². The molecule has 0 saturated heterocycles. The number of aryl methyl sites for hydroxylation is 1. The third kappa shape index (κ3) is 2.99. The van der Waals surface area contributed by atoms with Crippen LogP contribution in [0.2, 0.25) is 0 Å². The lowest BCUT2D eigenvalue weighted by atomic mass is 10.1. The van der Waals surface area contributed by atoms with Crippen LogP contribution >= 0.6 is 0 Å². The maximum atomic E-state index is 10.6. The molecule has 1 unspecified atom stereocenters. The van der Waals surface area contributed by atoms with Crippen LogP contribution in [0.1, 0.15) is 18.9 Å². The van der Waals surface area contributed by atoms with E-state index < -0.39 is 4.92 Å². The molecule has 0 aliphatic heterocycles. The van der Waals surface area contributed by atoms with Gasteiger partial charge < -0.3 is 5.32 Å². The second-order valence-electron chi connectivity index (χ2n) is 3.71. The fraction of sp³-hybridized carbons (Fsp3) is 0.333. The Bertz CT molecular complexity index is 435. The number of anilines is 1. The lowest BCUT2D eigenvalue weighted by Gasteiger charge is -2.14. The molecular formula is C12H14N2O2. The summed E-state index contributed by atoms with van der Waals surface area (Å²) in [5, 5.41) is 13.8. The Morgan fingerprint density at radius 1 is 1.62 bits per heavy atom. The Morgan fingerprint density at radius 3 is 2.88 bits per heavy atom. The highest BCUT2D eigenvalue weighted by Crippen LogP contribution is 2.22. The van der Waals surface area contributed by atoms with Gasteiger partial charge in [-0.05, 0) is 19.4 Å². The number of nitro groups is 1. The largest absolute Gasteiger partial charge is 0.381 e. The Morgan fingerprint density at radius 2 is 2.31 bits per heavy atom. The summed E-state index contributed by atoms with van der Waals surface area (Å²) in [5.74, 6) is 2.55. The molecule has 1 rings (SSSR count). The number of hydrogen-bond acceptors (Lipinski definition) is 3. The van der Waals surface area contributed by atoms with Gasteiger partial charge in [-0.3, -0.25) is 10.1 Å². The molecule has 4 heteroatoms. The van der Waals surface area contributed by atoms with Crippen molar-refractivity contribution in [3.05, 3.63) is 33.9 Å². The minimum atomic E-state index is -0.406. The zero-order chi connectivity index (χ0) is 12.1. The first-order chi connectivity index (χ1) is 7.54. The van der Waals surface area contributed by atoms with Gasteiger partial charge in [0.15, 0.2) is 0 Å². The van der Waals surface area contributed by atoms with Gasteiger partial charge in [-0.25, -0.2) is 0 Å². The quantitative estimate of drug-likeness (QED) is 0.480. The highest BCUT2D eigenvalue weighted by molar-refractivity contribution is 5.57. The molecule has 1 aromatic rings. The maximum Gasteiger partial charge on any atom is 0.271 e. The number of non-ortho nitro benzene ring substituents is 1. The number of nitro benzene ring substituents is 1. The lowest BCUT2D eigenvalue weighted by molar-refractivity contribution is -0.384. The number of nitrogens with one attached hydrogen (secondary N) is 1. The summed E-state index contributed by atoms with van der Waals surface area (Å²) in [5.41, 5.74) is 1.81. The van der Waals surface area contributed by atoms with Crippen LogP contribution in [0.25, 0.3) is 0 Å². The van der Waals surface area contributed by atoms with Gasteiger partial charge in [0, 0.05) is 30.3 Å². The predicted molar refractivity (Wildman–Crippen MR) is 64.4 cm³/mol. The average Bonchev–Trinajstić information content (AvgIpc) is 2.21. The van der Waals surface area contributed by atoms with Crippen molar-refractivity contribution in [3.63, 3.8) is 0 Å². The summed E-state index contributed by atoms with van der Waals surface area (Å²) in [6.07, 6.45) is 5.79. The van der Waals surface area contributed by atoms with Crippen LogP contribution in [0.3, 0.4) is 0 Å². The maximum absolute atomic E-state index is 10.6. The van der Waals surface area contributed by atoms with Gasteiger partial charge in [0.1, 0.15) is 0 Å². The van der Waals surface area contributed by atoms with Crippen LogP contribution in [0.4, 0.5) is 11.4 Å². The first-order valence-electron chi connectivity index (χ1n) is 4.99. The standard InChI is InChI=1S/C12H14N2O2/c1-4-5-10(3)13-12-8-11(14(15)16)7-6-9(12)2/h1,6-8,10,13H,5H2,2-3H3. The Kier molecular flexibility index (Phi) is 3.90. The normalized spacial score (nSPS) is 11.6. The van der Waals surface area contributed by atoms with Gasteiger partial charge in [-0.2, -0.15) is 0 Å². The molecule has 0 aliphatic carbocycles. The van der Waals surface area contributed by atoms with Crippen molar-refractivity contribution >= 4 is 11.4 Å². The van der Waals surface area contributed by atoms with Crippen molar-refractivity contribution in [2.45, 2.75) is 26.3 Å². The van der Waals surface area contributed by atoms with Crippen LogP contribution in [-0.2, 0) is 0 Å². The molecule has 84 valence electrons. The molecular weight excluding hydrogens is 204 g/mol. The highest BCUT2D eigenvalue weighted by Gasteiger charge is 2.09. The molecule has 0 radical (unpaired) electrons. The molecule has 4 nitrogen and oxygen atoms in total. The van der Waals surface area contributed by atoms with Crippen LogP contribution in [0.5, 0.6) is 0 Å². The molecule has 1 aromatic carbocycles. The Hall–Kier alpha value is -2.02. The van der Waals surface area contributed by atoms with E-state index in [-0.39, 0.29) is 11.7 Å². The van der Waals surface area contributed by atoms with Crippen molar-refractivity contribution in [1.29, 1.82) is 0 Å². The molecule has 0 amide bonds. The summed E-state index contributed by atoms with van der Waals surface area (Å²) in [6.45, 7) is 3.84. The van der Waals surface area contributed by atoms with Crippen LogP contribution in [0, 0.1) is 29.4 Å². The van der Waals surface area contributed by atoms with E-state index in [0.29, 0.717) is 6.42 Å². The van der Waals surface area contributed by atoms with Crippen molar-refractivity contribution in [1.82, 2.24) is 0 Å². The number of rotatable bonds is 4. The smallest absolute Gasteiger partial charge is 0.271 e. The van der Waals surface area contributed by atoms with E-state index in [1.165, 1.54) is 12.1 Å². The fourth-order valence-electron chi connectivity index (χ4n) is 1.37. The summed E-state index contributed by atoms with van der Waals surface area (Å²) >= 11 is 0. The third-order valence-electron chi connectivity index (χ3n) is 2.26. The molecule has 0 saturated carbocycles. The van der Waals surface area contributed by atoms with Crippen LogP contribution in [-0.4, -0.2) is 11.0 Å². The fourth-order valence-corrected chi connectivity index (χ4v) is 1.37. The summed E-state index contributed by atoms with van der Waals surface area (Å²) in [7, 11) is 0. The van der Waals surface area contributed by atoms with Gasteiger partial charge in [0.2, 0.25) is 0 Å². The zero-order valence-electron chi connectivity index (χ0n) is 9.36. The van der Waals surface area contributed by atoms with Crippen LogP contribution < -0.4 is 5.32 Å². The minimum absolute atomic E-state index is 0.0843. The minimum Gasteiger partial charge on any atom is -0.381 e. The Labute approximate surface area is 94.8 Å². The second-order valence-corrected chi connectivity index (χ2v) is 3.71. The monoisotopic (exact) mass is 218 g/mol. The molecule has 0 bridgehead atoms. The second kappa shape index (κ2) is 5.17. The SMILES string of the molecule is C#CCC(C)Nc1cc([N+](=O)[O-])ccc1C. The molecule has 1 atom stereocenters. The van der Waals surface area contributed by atoms with E-state index in [4.69, 9.17) is 6.42 Å². The van der Waals surface area contributed by atoms with Crippen molar-refractivity contribution < 1.29 is 4.92 Å². The first-order valence-corrected chi connectivity index (χ1v) is 4.99. The molecule has 1 N–H and O–H groups in total. The van der Waals surface area contributed by atoms with E-state index in [1.807, 2.05) is 13.8 Å². The number of benzene rings is 1. The van der Waals surface area contributed by atoms with Crippen molar-refractivity contribution in [2.24, 2.45) is 0 Å². The number of terminal acetylenes is 1. The highest BCUT2D eigenvalue weighted by atomic mass is 16.6. The molecule has 0 aromatic heterocycles. The lowest BCUT2D eigenvalue weighted by Crippen LogP contribution is -2.14. The predicted octanol–water partition coefficient (Wildman–Crippen LogP) is 2.73. The zero-order valence-corrected chi connectivity index (χ0v) is 9.36. The van der Waals surface area contributed by atoms with E-state index in [1.54, 1.807) is 6.07 Å². The van der Waals surface area contributed by atoms with E-state index in [2.05, 4.69) is 11.2 Å². The first kappa shape index (κ1) is 12.1. The van der Waals surface area contributed by atoms with Gasteiger partial charge in [0.25, 0.3) is 5.69 Å². The third-order valence-corrected chi connectivity index (χ3v) is 2.26. The van der Waals surface area contributed by atoms with E-state index >= 15 is 0 Å². The van der Waals surface area contributed by atoms with Gasteiger partial charge in [-0.1, -0.05) is 6.07 Å². The topological polar surface area (TPSA) is 55.2 Å². The van der Waals surface area contributed by atoms with Gasteiger partial charge in [0.05, 0.1) is 4.92 Å². The van der Waals surface area contributed by atoms with Crippen LogP contribution in [0.15, 0.2) is 18.2 Å². The summed E-state index contributed by atoms with van der Waals surface area (Å²) < 4.78 is 0. The number of nitrogens with zero attached hydrogens (tertiary/aromatic N) is 1. The molecule has 16 heavy (non-hydrogen) atoms. The molecule has 0 heterocycles. The molecule has 0 aliphatic rings. The van der Waals surface area contributed by atoms with E-state index in [0.717, 1.165) is 11.3 Å². The number of hydrogen-bond donors (Lipinski definition) is 1. The summed E-state index contributed by atoms with van der Waals surface area (Å²) in [6, 6.07) is 4.85. The van der Waals surface area contributed by atoms with Gasteiger partial charge in [-0.15, -0.1) is 12.3 Å². The van der Waals surface area contributed by atoms with Gasteiger partial charge >= 0.3 is 0 Å². The van der Waals surface area contributed by atoms with Crippen molar-refractivity contribution in [3.8, 4) is 12.3 Å². The summed E-state index contributed by atoms with van der Waals surface area (Å²) in [4.78, 5) is 10.2. The molecule has 0 fully saturated rings.